The quantitative estimate of drug-likeness (QED) is 0.642. The molecule has 74 valence electrons. The second-order valence-corrected chi connectivity index (χ2v) is 3.42. The van der Waals surface area contributed by atoms with Gasteiger partial charge in [-0.05, 0) is 30.5 Å². The summed E-state index contributed by atoms with van der Waals surface area (Å²) < 4.78 is 17.8. The maximum absolute atomic E-state index is 12.6. The van der Waals surface area contributed by atoms with Crippen LogP contribution >= 0.6 is 0 Å². The molecule has 0 aliphatic carbocycles. The van der Waals surface area contributed by atoms with Crippen molar-refractivity contribution in [3.63, 3.8) is 0 Å². The topological polar surface area (TPSA) is 26.3 Å². The smallest absolute Gasteiger partial charge is 0.306 e. The number of carbonyl (C=O) groups excluding carboxylic acids is 1. The molecule has 0 bridgehead atoms. The number of ether oxygens (including phenoxy) is 1. The Kier molecular flexibility index (Phi) is 2.48. The molecule has 2 rings (SSSR count). The maximum Gasteiger partial charge on any atom is 0.306 e. The fourth-order valence-electron chi connectivity index (χ4n) is 1.62. The lowest BCUT2D eigenvalue weighted by molar-refractivity contribution is -0.154. The molecule has 1 fully saturated rings. The van der Waals surface area contributed by atoms with Gasteiger partial charge in [0, 0.05) is 6.42 Å². The highest BCUT2D eigenvalue weighted by Crippen LogP contribution is 2.28. The highest BCUT2D eigenvalue weighted by atomic mass is 19.1. The van der Waals surface area contributed by atoms with Gasteiger partial charge in [0.25, 0.3) is 0 Å². The van der Waals surface area contributed by atoms with Crippen molar-refractivity contribution in [3.05, 3.63) is 35.6 Å². The molecular weight excluding hydrogens is 183 g/mol. The summed E-state index contributed by atoms with van der Waals surface area (Å²) in [5.74, 6) is -0.429. The van der Waals surface area contributed by atoms with Gasteiger partial charge in [0.15, 0.2) is 0 Å². The molecule has 1 atom stereocenters. The SMILES string of the molecule is O=C1CCC[C@H](c2ccc(F)cc2)O1. The number of halogens is 1. The van der Waals surface area contributed by atoms with E-state index in [1.54, 1.807) is 12.1 Å². The third kappa shape index (κ3) is 1.92. The highest BCUT2D eigenvalue weighted by Gasteiger charge is 2.21. The van der Waals surface area contributed by atoms with Gasteiger partial charge in [-0.15, -0.1) is 0 Å². The van der Waals surface area contributed by atoms with E-state index in [4.69, 9.17) is 4.74 Å². The second kappa shape index (κ2) is 3.78. The van der Waals surface area contributed by atoms with Crippen LogP contribution in [0.5, 0.6) is 0 Å². The zero-order chi connectivity index (χ0) is 9.97. The summed E-state index contributed by atoms with van der Waals surface area (Å²) in [5, 5.41) is 0. The summed E-state index contributed by atoms with van der Waals surface area (Å²) in [6.07, 6.45) is 1.99. The van der Waals surface area contributed by atoms with E-state index in [1.165, 1.54) is 12.1 Å². The fraction of sp³-hybridized carbons (Fsp3) is 0.364. The molecule has 1 aliphatic rings. The van der Waals surface area contributed by atoms with Crippen molar-refractivity contribution < 1.29 is 13.9 Å². The van der Waals surface area contributed by atoms with Gasteiger partial charge >= 0.3 is 5.97 Å². The number of benzene rings is 1. The number of hydrogen-bond acceptors (Lipinski definition) is 2. The molecule has 0 N–H and O–H groups in total. The van der Waals surface area contributed by atoms with Crippen molar-refractivity contribution >= 4 is 5.97 Å². The predicted molar refractivity (Wildman–Crippen MR) is 49.1 cm³/mol. The Labute approximate surface area is 81.7 Å². The van der Waals surface area contributed by atoms with E-state index in [1.807, 2.05) is 0 Å². The van der Waals surface area contributed by atoms with Crippen molar-refractivity contribution in [1.82, 2.24) is 0 Å². The molecule has 3 heteroatoms. The maximum atomic E-state index is 12.6. The van der Waals surface area contributed by atoms with Crippen molar-refractivity contribution in [1.29, 1.82) is 0 Å². The summed E-state index contributed by atoms with van der Waals surface area (Å²) in [6, 6.07) is 6.10. The van der Waals surface area contributed by atoms with Crippen LogP contribution in [0.25, 0.3) is 0 Å². The molecule has 0 spiro atoms. The van der Waals surface area contributed by atoms with Gasteiger partial charge in [-0.1, -0.05) is 12.1 Å². The fourth-order valence-corrected chi connectivity index (χ4v) is 1.62. The van der Waals surface area contributed by atoms with Crippen LogP contribution in [-0.2, 0) is 9.53 Å². The second-order valence-electron chi connectivity index (χ2n) is 3.42. The van der Waals surface area contributed by atoms with E-state index >= 15 is 0 Å². The molecule has 0 saturated carbocycles. The molecule has 0 radical (unpaired) electrons. The summed E-state index contributed by atoms with van der Waals surface area (Å²) in [6.45, 7) is 0. The first-order valence-electron chi connectivity index (χ1n) is 4.70. The van der Waals surface area contributed by atoms with Crippen LogP contribution < -0.4 is 0 Å². The summed E-state index contributed by atoms with van der Waals surface area (Å²) in [5.41, 5.74) is 0.874. The van der Waals surface area contributed by atoms with Crippen LogP contribution in [-0.4, -0.2) is 5.97 Å². The van der Waals surface area contributed by atoms with Crippen molar-refractivity contribution in [2.24, 2.45) is 0 Å². The summed E-state index contributed by atoms with van der Waals surface area (Å²) in [4.78, 5) is 11.0. The highest BCUT2D eigenvalue weighted by molar-refractivity contribution is 5.70. The van der Waals surface area contributed by atoms with E-state index in [-0.39, 0.29) is 17.9 Å². The monoisotopic (exact) mass is 194 g/mol. The Balaban J connectivity index is 2.14. The van der Waals surface area contributed by atoms with Crippen LogP contribution in [0.4, 0.5) is 4.39 Å². The minimum atomic E-state index is -0.268. The molecule has 1 heterocycles. The first-order valence-corrected chi connectivity index (χ1v) is 4.70. The van der Waals surface area contributed by atoms with Crippen LogP contribution in [0.2, 0.25) is 0 Å². The van der Waals surface area contributed by atoms with Gasteiger partial charge < -0.3 is 4.74 Å². The average molecular weight is 194 g/mol. The predicted octanol–water partition coefficient (Wildman–Crippen LogP) is 2.59. The molecule has 0 unspecified atom stereocenters. The van der Waals surface area contributed by atoms with Crippen molar-refractivity contribution in [2.45, 2.75) is 25.4 Å². The number of carbonyl (C=O) groups is 1. The normalized spacial score (nSPS) is 21.8. The average Bonchev–Trinajstić information content (AvgIpc) is 2.19. The molecule has 1 saturated heterocycles. The van der Waals surface area contributed by atoms with Gasteiger partial charge in [-0.25, -0.2) is 4.39 Å². The first-order chi connectivity index (χ1) is 6.75. The van der Waals surface area contributed by atoms with E-state index in [0.717, 1.165) is 18.4 Å². The number of rotatable bonds is 1. The third-order valence-electron chi connectivity index (χ3n) is 2.36. The molecule has 1 aromatic rings. The van der Waals surface area contributed by atoms with Gasteiger partial charge in [0.1, 0.15) is 11.9 Å². The Hall–Kier alpha value is -1.38. The lowest BCUT2D eigenvalue weighted by atomic mass is 10.0. The minimum Gasteiger partial charge on any atom is -0.457 e. The summed E-state index contributed by atoms with van der Waals surface area (Å²) >= 11 is 0. The van der Waals surface area contributed by atoms with Gasteiger partial charge in [0.2, 0.25) is 0 Å². The van der Waals surface area contributed by atoms with Gasteiger partial charge in [0.05, 0.1) is 0 Å². The van der Waals surface area contributed by atoms with E-state index in [9.17, 15) is 9.18 Å². The Morgan fingerprint density at radius 2 is 2.00 bits per heavy atom. The standard InChI is InChI=1S/C11H11FO2/c12-9-6-4-8(5-7-9)10-2-1-3-11(13)14-10/h4-7,10H,1-3H2/t10-/m1/s1. The molecule has 0 aromatic heterocycles. The lowest BCUT2D eigenvalue weighted by Crippen LogP contribution is -2.16. The Morgan fingerprint density at radius 3 is 2.64 bits per heavy atom. The van der Waals surface area contributed by atoms with Crippen molar-refractivity contribution in [2.75, 3.05) is 0 Å². The Morgan fingerprint density at radius 1 is 1.29 bits per heavy atom. The molecule has 1 aliphatic heterocycles. The first kappa shape index (κ1) is 9.19. The molecule has 0 amide bonds. The van der Waals surface area contributed by atoms with E-state index in [2.05, 4.69) is 0 Å². The van der Waals surface area contributed by atoms with Crippen LogP contribution in [0, 0.1) is 5.82 Å². The van der Waals surface area contributed by atoms with Crippen LogP contribution in [0.3, 0.4) is 0 Å². The zero-order valence-corrected chi connectivity index (χ0v) is 7.70. The molecule has 1 aromatic carbocycles. The van der Waals surface area contributed by atoms with E-state index in [0.29, 0.717) is 6.42 Å². The van der Waals surface area contributed by atoms with Gasteiger partial charge in [-0.3, -0.25) is 4.79 Å². The molecule has 2 nitrogen and oxygen atoms in total. The molecule has 14 heavy (non-hydrogen) atoms. The summed E-state index contributed by atoms with van der Waals surface area (Å²) in [7, 11) is 0. The third-order valence-corrected chi connectivity index (χ3v) is 2.36. The number of hydrogen-bond donors (Lipinski definition) is 0. The Bertz CT molecular complexity index is 332. The largest absolute Gasteiger partial charge is 0.457 e. The van der Waals surface area contributed by atoms with E-state index < -0.39 is 0 Å². The minimum absolute atomic E-state index is 0.162. The lowest BCUT2D eigenvalue weighted by Gasteiger charge is -2.22. The number of cyclic esters (lactones) is 1. The van der Waals surface area contributed by atoms with Gasteiger partial charge in [-0.2, -0.15) is 0 Å². The molecular formula is C11H11FO2. The number of esters is 1. The van der Waals surface area contributed by atoms with Crippen molar-refractivity contribution in [3.8, 4) is 0 Å². The van der Waals surface area contributed by atoms with Crippen LogP contribution in [0.1, 0.15) is 30.9 Å². The van der Waals surface area contributed by atoms with Crippen LogP contribution in [0.15, 0.2) is 24.3 Å². The zero-order valence-electron chi connectivity index (χ0n) is 7.70.